The highest BCUT2D eigenvalue weighted by atomic mass is 35.5. The van der Waals surface area contributed by atoms with Crippen molar-refractivity contribution in [3.05, 3.63) is 74.8 Å². The Morgan fingerprint density at radius 3 is 2.59 bits per heavy atom. The Labute approximate surface area is 166 Å². The van der Waals surface area contributed by atoms with Gasteiger partial charge in [0.1, 0.15) is 0 Å². The van der Waals surface area contributed by atoms with Crippen LogP contribution in [0, 0.1) is 10.1 Å². The van der Waals surface area contributed by atoms with Crippen LogP contribution in [-0.4, -0.2) is 23.4 Å². The minimum absolute atomic E-state index is 0.0403. The van der Waals surface area contributed by atoms with Crippen LogP contribution in [0.2, 0.25) is 5.02 Å². The summed E-state index contributed by atoms with van der Waals surface area (Å²) in [5, 5.41) is 13.0. The third kappa shape index (κ3) is 6.61. The zero-order valence-electron chi connectivity index (χ0n) is 14.4. The number of benzene rings is 2. The molecule has 0 aliphatic heterocycles. The van der Waals surface area contributed by atoms with Crippen molar-refractivity contribution < 1.29 is 32.4 Å². The molecule has 0 unspecified atom stereocenters. The first-order chi connectivity index (χ1) is 13.6. The molecule has 0 atom stereocenters. The molecule has 0 bridgehead atoms. The molecule has 11 heteroatoms. The molecule has 0 saturated heterocycles. The van der Waals surface area contributed by atoms with Crippen molar-refractivity contribution in [3.63, 3.8) is 0 Å². The van der Waals surface area contributed by atoms with Crippen LogP contribution in [0.4, 0.5) is 24.5 Å². The van der Waals surface area contributed by atoms with Gasteiger partial charge in [-0.1, -0.05) is 23.7 Å². The van der Waals surface area contributed by atoms with Crippen molar-refractivity contribution in [1.29, 1.82) is 0 Å². The van der Waals surface area contributed by atoms with E-state index < -0.39 is 35.1 Å². The number of anilines is 1. The van der Waals surface area contributed by atoms with Gasteiger partial charge < -0.3 is 10.1 Å². The van der Waals surface area contributed by atoms with E-state index in [1.165, 1.54) is 18.2 Å². The van der Waals surface area contributed by atoms with Gasteiger partial charge in [-0.25, -0.2) is 4.79 Å². The van der Waals surface area contributed by atoms with E-state index >= 15 is 0 Å². The maximum Gasteiger partial charge on any atom is 0.416 e. The number of nitrogens with zero attached hydrogens (tertiary/aromatic N) is 1. The molecule has 0 aliphatic rings. The van der Waals surface area contributed by atoms with Gasteiger partial charge in [0, 0.05) is 18.2 Å². The van der Waals surface area contributed by atoms with Crippen LogP contribution >= 0.6 is 11.6 Å². The van der Waals surface area contributed by atoms with Gasteiger partial charge in [-0.3, -0.25) is 14.9 Å². The number of alkyl halides is 3. The Kier molecular flexibility index (Phi) is 6.94. The molecule has 0 radical (unpaired) electrons. The monoisotopic (exact) mass is 428 g/mol. The van der Waals surface area contributed by atoms with Gasteiger partial charge in [0.15, 0.2) is 6.61 Å². The van der Waals surface area contributed by atoms with E-state index in [0.29, 0.717) is 0 Å². The predicted molar refractivity (Wildman–Crippen MR) is 98.2 cm³/mol. The SMILES string of the molecule is O=C(COC(=O)/C=C/c1cccc(C(F)(F)F)c1)Nc1cc([N+](=O)[O-])ccc1Cl. The maximum atomic E-state index is 12.6. The number of non-ortho nitro benzene ring substituents is 1. The van der Waals surface area contributed by atoms with E-state index in [2.05, 4.69) is 10.1 Å². The van der Waals surface area contributed by atoms with E-state index in [4.69, 9.17) is 11.6 Å². The average Bonchev–Trinajstić information content (AvgIpc) is 2.66. The molecular weight excluding hydrogens is 417 g/mol. The van der Waals surface area contributed by atoms with E-state index in [1.54, 1.807) is 0 Å². The van der Waals surface area contributed by atoms with Crippen molar-refractivity contribution in [2.24, 2.45) is 0 Å². The normalized spacial score (nSPS) is 11.3. The maximum absolute atomic E-state index is 12.6. The number of amides is 1. The second-order valence-electron chi connectivity index (χ2n) is 5.53. The topological polar surface area (TPSA) is 98.5 Å². The van der Waals surface area contributed by atoms with Crippen LogP contribution in [0.1, 0.15) is 11.1 Å². The number of halogens is 4. The van der Waals surface area contributed by atoms with Gasteiger partial charge >= 0.3 is 12.1 Å². The Balaban J connectivity index is 1.92. The molecule has 7 nitrogen and oxygen atoms in total. The number of nitrogens with one attached hydrogen (secondary N) is 1. The largest absolute Gasteiger partial charge is 0.452 e. The molecule has 2 rings (SSSR count). The Hall–Kier alpha value is -3.40. The van der Waals surface area contributed by atoms with Crippen LogP contribution < -0.4 is 5.32 Å². The fourth-order valence-corrected chi connectivity index (χ4v) is 2.24. The molecule has 1 amide bonds. The van der Waals surface area contributed by atoms with Crippen LogP contribution in [0.25, 0.3) is 6.08 Å². The lowest BCUT2D eigenvalue weighted by molar-refractivity contribution is -0.384. The third-order valence-corrected chi connectivity index (χ3v) is 3.74. The Morgan fingerprint density at radius 1 is 1.21 bits per heavy atom. The molecule has 0 spiro atoms. The number of esters is 1. The molecule has 0 saturated carbocycles. The molecule has 0 fully saturated rings. The van der Waals surface area contributed by atoms with E-state index in [-0.39, 0.29) is 22.0 Å². The number of ether oxygens (including phenoxy) is 1. The lowest BCUT2D eigenvalue weighted by atomic mass is 10.1. The third-order valence-electron chi connectivity index (χ3n) is 3.41. The van der Waals surface area contributed by atoms with Crippen LogP contribution in [0.5, 0.6) is 0 Å². The number of hydrogen-bond acceptors (Lipinski definition) is 5. The van der Waals surface area contributed by atoms with Crippen molar-refractivity contribution >= 4 is 40.9 Å². The zero-order chi connectivity index (χ0) is 21.6. The first-order valence-corrected chi connectivity index (χ1v) is 8.20. The van der Waals surface area contributed by atoms with Crippen molar-refractivity contribution in [2.75, 3.05) is 11.9 Å². The van der Waals surface area contributed by atoms with Gasteiger partial charge in [-0.05, 0) is 29.8 Å². The van der Waals surface area contributed by atoms with Crippen molar-refractivity contribution in [1.82, 2.24) is 0 Å². The highest BCUT2D eigenvalue weighted by molar-refractivity contribution is 6.33. The Bertz CT molecular complexity index is 976. The summed E-state index contributed by atoms with van der Waals surface area (Å²) < 4.78 is 42.6. The summed E-state index contributed by atoms with van der Waals surface area (Å²) >= 11 is 5.83. The van der Waals surface area contributed by atoms with E-state index in [1.807, 2.05) is 0 Å². The second kappa shape index (κ2) is 9.20. The second-order valence-corrected chi connectivity index (χ2v) is 5.94. The molecule has 0 aromatic heterocycles. The summed E-state index contributed by atoms with van der Waals surface area (Å²) in [7, 11) is 0. The highest BCUT2D eigenvalue weighted by Gasteiger charge is 2.30. The first kappa shape index (κ1) is 21.9. The lowest BCUT2D eigenvalue weighted by Crippen LogP contribution is -2.20. The number of rotatable bonds is 6. The molecule has 152 valence electrons. The van der Waals surface area contributed by atoms with Crippen molar-refractivity contribution in [2.45, 2.75) is 6.18 Å². The van der Waals surface area contributed by atoms with Gasteiger partial charge in [0.05, 0.1) is 21.2 Å². The molecule has 0 aliphatic carbocycles. The van der Waals surface area contributed by atoms with Gasteiger partial charge in [0.2, 0.25) is 0 Å². The van der Waals surface area contributed by atoms with Gasteiger partial charge in [-0.15, -0.1) is 0 Å². The first-order valence-electron chi connectivity index (χ1n) is 7.82. The molecule has 0 heterocycles. The number of carbonyl (C=O) groups is 2. The molecule has 1 N–H and O–H groups in total. The quantitative estimate of drug-likeness (QED) is 0.317. The fraction of sp³-hybridized carbons (Fsp3) is 0.111. The smallest absolute Gasteiger partial charge is 0.416 e. The fourth-order valence-electron chi connectivity index (χ4n) is 2.08. The summed E-state index contributed by atoms with van der Waals surface area (Å²) in [6.45, 7) is -0.731. The van der Waals surface area contributed by atoms with E-state index in [9.17, 15) is 32.9 Å². The molecule has 2 aromatic rings. The van der Waals surface area contributed by atoms with Gasteiger partial charge in [0.25, 0.3) is 11.6 Å². The summed E-state index contributed by atoms with van der Waals surface area (Å²) in [6.07, 6.45) is -2.55. The van der Waals surface area contributed by atoms with Crippen LogP contribution in [0.3, 0.4) is 0 Å². The molecule has 29 heavy (non-hydrogen) atoms. The minimum atomic E-state index is -4.52. The summed E-state index contributed by atoms with van der Waals surface area (Å²) in [4.78, 5) is 33.5. The lowest BCUT2D eigenvalue weighted by Gasteiger charge is -2.07. The van der Waals surface area contributed by atoms with E-state index in [0.717, 1.165) is 36.4 Å². The number of nitro groups is 1. The summed E-state index contributed by atoms with van der Waals surface area (Å²) in [5.74, 6) is -1.78. The van der Waals surface area contributed by atoms with Crippen LogP contribution in [-0.2, 0) is 20.5 Å². The average molecular weight is 429 g/mol. The zero-order valence-corrected chi connectivity index (χ0v) is 15.2. The van der Waals surface area contributed by atoms with Crippen LogP contribution in [0.15, 0.2) is 48.5 Å². The highest BCUT2D eigenvalue weighted by Crippen LogP contribution is 2.30. The van der Waals surface area contributed by atoms with Crippen molar-refractivity contribution in [3.8, 4) is 0 Å². The predicted octanol–water partition coefficient (Wildman–Crippen LogP) is 4.46. The summed E-state index contributed by atoms with van der Waals surface area (Å²) in [5.41, 5.74) is -1.10. The minimum Gasteiger partial charge on any atom is -0.452 e. The molecular formula is C18H12ClF3N2O5. The number of nitro benzene ring substituents is 1. The number of carbonyl (C=O) groups excluding carboxylic acids is 2. The standard InChI is InChI=1S/C18H12ClF3N2O5/c19-14-6-5-13(24(27)28)9-15(14)23-16(25)10-29-17(26)7-4-11-2-1-3-12(8-11)18(20,21)22/h1-9H,10H2,(H,23,25)/b7-4+. The number of hydrogen-bond donors (Lipinski definition) is 1. The summed E-state index contributed by atoms with van der Waals surface area (Å²) in [6, 6.07) is 7.69. The Morgan fingerprint density at radius 2 is 1.93 bits per heavy atom. The molecule has 2 aromatic carbocycles. The van der Waals surface area contributed by atoms with Gasteiger partial charge in [-0.2, -0.15) is 13.2 Å².